The van der Waals surface area contributed by atoms with Crippen LogP contribution in [-0.4, -0.2) is 9.08 Å². The number of nitrogens with zero attached hydrogens (tertiary/aromatic N) is 2. The predicted octanol–water partition coefficient (Wildman–Crippen LogP) is 3.04. The van der Waals surface area contributed by atoms with Crippen molar-refractivity contribution in [3.05, 3.63) is 41.9 Å². The Kier molecular flexibility index (Phi) is 1.99. The van der Waals surface area contributed by atoms with Gasteiger partial charge in [0.2, 0.25) is 0 Å². The van der Waals surface area contributed by atoms with Crippen LogP contribution in [0.1, 0.15) is 31.2 Å². The van der Waals surface area contributed by atoms with Crippen LogP contribution in [0.4, 0.5) is 0 Å². The molecule has 0 unspecified atom stereocenters. The highest BCUT2D eigenvalue weighted by Gasteiger charge is 2.17. The van der Waals surface area contributed by atoms with E-state index < -0.39 is 0 Å². The average Bonchev–Trinajstić information content (AvgIpc) is 2.76. The normalized spacial score (nSPS) is 12.0. The van der Waals surface area contributed by atoms with Gasteiger partial charge in [0, 0.05) is 22.7 Å². The highest BCUT2D eigenvalue weighted by molar-refractivity contribution is 5.96. The summed E-state index contributed by atoms with van der Waals surface area (Å²) < 4.78 is 4.03. The average molecular weight is 227 g/mol. The minimum absolute atomic E-state index is 0.462. The third-order valence-electron chi connectivity index (χ3n) is 3.46. The molecule has 17 heavy (non-hydrogen) atoms. The molecule has 3 rings (SSSR count). The molecule has 0 bridgehead atoms. The molecule has 3 aromatic rings. The molecule has 2 aromatic heterocycles. The Morgan fingerprint density at radius 2 is 1.88 bits per heavy atom. The first kappa shape index (κ1) is 10.3. The fourth-order valence-electron chi connectivity index (χ4n) is 2.73. The second-order valence-electron chi connectivity index (χ2n) is 4.91. The van der Waals surface area contributed by atoms with E-state index in [1.54, 1.807) is 4.68 Å². The molecule has 3 nitrogen and oxygen atoms in total. The molecule has 2 heterocycles. The van der Waals surface area contributed by atoms with Gasteiger partial charge >= 0.3 is 0 Å². The van der Waals surface area contributed by atoms with Crippen molar-refractivity contribution in [2.75, 3.05) is 5.84 Å². The first-order valence-corrected chi connectivity index (χ1v) is 5.97. The van der Waals surface area contributed by atoms with E-state index in [1.165, 1.54) is 16.5 Å². The van der Waals surface area contributed by atoms with Gasteiger partial charge in [0.1, 0.15) is 5.65 Å². The Morgan fingerprint density at radius 3 is 2.59 bits per heavy atom. The number of benzene rings is 1. The summed E-state index contributed by atoms with van der Waals surface area (Å²) in [5.74, 6) is 6.65. The van der Waals surface area contributed by atoms with Crippen LogP contribution in [0.3, 0.4) is 0 Å². The number of rotatable bonds is 1. The molecule has 0 aliphatic carbocycles. The fraction of sp³-hybridized carbons (Fsp3) is 0.286. The first-order chi connectivity index (χ1) is 8.11. The third-order valence-corrected chi connectivity index (χ3v) is 3.46. The van der Waals surface area contributed by atoms with Crippen LogP contribution >= 0.6 is 0 Å². The van der Waals surface area contributed by atoms with Gasteiger partial charge in [-0.1, -0.05) is 38.1 Å². The summed E-state index contributed by atoms with van der Waals surface area (Å²) in [7, 11) is 0. The molecule has 0 spiro atoms. The molecule has 0 radical (unpaired) electrons. The minimum Gasteiger partial charge on any atom is -0.337 e. The Bertz CT molecular complexity index is 701. The zero-order valence-electron chi connectivity index (χ0n) is 10.4. The second-order valence-corrected chi connectivity index (χ2v) is 4.91. The van der Waals surface area contributed by atoms with Crippen LogP contribution in [-0.2, 0) is 0 Å². The maximum atomic E-state index is 6.18. The summed E-state index contributed by atoms with van der Waals surface area (Å²) in [5.41, 5.74) is 3.52. The van der Waals surface area contributed by atoms with Crippen LogP contribution in [0.25, 0.3) is 16.4 Å². The van der Waals surface area contributed by atoms with Crippen molar-refractivity contribution in [1.29, 1.82) is 0 Å². The van der Waals surface area contributed by atoms with Crippen LogP contribution in [0.2, 0.25) is 0 Å². The maximum Gasteiger partial charge on any atom is 0.143 e. The molecule has 0 saturated heterocycles. The Balaban J connectivity index is 2.55. The van der Waals surface area contributed by atoms with Crippen molar-refractivity contribution >= 4 is 16.4 Å². The van der Waals surface area contributed by atoms with Crippen LogP contribution < -0.4 is 5.84 Å². The van der Waals surface area contributed by atoms with Crippen molar-refractivity contribution < 1.29 is 0 Å². The maximum absolute atomic E-state index is 6.18. The molecule has 2 N–H and O–H groups in total. The topological polar surface area (TPSA) is 35.4 Å². The van der Waals surface area contributed by atoms with Gasteiger partial charge < -0.3 is 10.2 Å². The van der Waals surface area contributed by atoms with Crippen molar-refractivity contribution in [2.24, 2.45) is 0 Å². The van der Waals surface area contributed by atoms with Gasteiger partial charge in [0.25, 0.3) is 0 Å². The molecule has 0 saturated carbocycles. The number of imidazole rings is 1. The number of nitrogens with two attached hydrogens (primary N) is 1. The largest absolute Gasteiger partial charge is 0.337 e. The van der Waals surface area contributed by atoms with Crippen LogP contribution in [0.15, 0.2) is 30.5 Å². The molecule has 0 aliphatic rings. The molecular formula is C14H17N3. The lowest BCUT2D eigenvalue weighted by Gasteiger charge is -2.05. The van der Waals surface area contributed by atoms with Crippen molar-refractivity contribution in [3.8, 4) is 0 Å². The monoisotopic (exact) mass is 227 g/mol. The van der Waals surface area contributed by atoms with Gasteiger partial charge in [-0.05, 0) is 12.8 Å². The van der Waals surface area contributed by atoms with Gasteiger partial charge in [0.15, 0.2) is 0 Å². The summed E-state index contributed by atoms with van der Waals surface area (Å²) in [4.78, 5) is 0. The molecular weight excluding hydrogens is 210 g/mol. The Hall–Kier alpha value is -1.90. The molecule has 0 amide bonds. The van der Waals surface area contributed by atoms with Crippen molar-refractivity contribution in [2.45, 2.75) is 26.7 Å². The van der Waals surface area contributed by atoms with Gasteiger partial charge in [-0.25, -0.2) is 4.68 Å². The van der Waals surface area contributed by atoms with Gasteiger partial charge in [-0.15, -0.1) is 0 Å². The summed E-state index contributed by atoms with van der Waals surface area (Å²) in [6, 6.07) is 8.36. The quantitative estimate of drug-likeness (QED) is 0.637. The van der Waals surface area contributed by atoms with Gasteiger partial charge in [-0.2, -0.15) is 0 Å². The summed E-state index contributed by atoms with van der Waals surface area (Å²) in [6.07, 6.45) is 2.18. The SMILES string of the molecule is Cc1c(C(C)C)n2cc3ccccc3c2n1N. The number of aromatic nitrogens is 2. The number of nitrogen functional groups attached to an aromatic ring is 1. The smallest absolute Gasteiger partial charge is 0.143 e. The molecule has 0 atom stereocenters. The van der Waals surface area contributed by atoms with Crippen molar-refractivity contribution in [3.63, 3.8) is 0 Å². The van der Waals surface area contributed by atoms with E-state index in [0.29, 0.717) is 5.92 Å². The lowest BCUT2D eigenvalue weighted by molar-refractivity contribution is 0.796. The summed E-state index contributed by atoms with van der Waals surface area (Å²) in [6.45, 7) is 6.48. The Labute approximate surface area is 100 Å². The van der Waals surface area contributed by atoms with E-state index in [4.69, 9.17) is 5.84 Å². The van der Waals surface area contributed by atoms with E-state index in [9.17, 15) is 0 Å². The minimum atomic E-state index is 0.462. The van der Waals surface area contributed by atoms with Crippen LogP contribution in [0.5, 0.6) is 0 Å². The lowest BCUT2D eigenvalue weighted by atomic mass is 10.1. The molecule has 1 aromatic carbocycles. The van der Waals surface area contributed by atoms with E-state index >= 15 is 0 Å². The van der Waals surface area contributed by atoms with E-state index in [-0.39, 0.29) is 0 Å². The molecule has 88 valence electrons. The molecule has 3 heteroatoms. The Morgan fingerprint density at radius 1 is 1.18 bits per heavy atom. The number of fused-ring (bicyclic) bond motifs is 3. The predicted molar refractivity (Wildman–Crippen MR) is 71.9 cm³/mol. The highest BCUT2D eigenvalue weighted by atomic mass is 15.3. The summed E-state index contributed by atoms with van der Waals surface area (Å²) >= 11 is 0. The van der Waals surface area contributed by atoms with E-state index in [1.807, 2.05) is 0 Å². The molecule has 0 fully saturated rings. The van der Waals surface area contributed by atoms with Crippen molar-refractivity contribution in [1.82, 2.24) is 9.08 Å². The van der Waals surface area contributed by atoms with E-state index in [0.717, 1.165) is 11.3 Å². The lowest BCUT2D eigenvalue weighted by Crippen LogP contribution is -2.10. The van der Waals surface area contributed by atoms with Gasteiger partial charge in [-0.3, -0.25) is 0 Å². The first-order valence-electron chi connectivity index (χ1n) is 5.97. The highest BCUT2D eigenvalue weighted by Crippen LogP contribution is 2.29. The summed E-state index contributed by atoms with van der Waals surface area (Å²) in [5, 5.41) is 2.45. The fourth-order valence-corrected chi connectivity index (χ4v) is 2.73. The third kappa shape index (κ3) is 1.22. The number of hydrogen-bond donors (Lipinski definition) is 1. The van der Waals surface area contributed by atoms with Gasteiger partial charge in [0.05, 0.1) is 5.69 Å². The zero-order valence-corrected chi connectivity index (χ0v) is 10.4. The van der Waals surface area contributed by atoms with E-state index in [2.05, 4.69) is 55.6 Å². The van der Waals surface area contributed by atoms with Crippen LogP contribution in [0, 0.1) is 6.92 Å². The second kappa shape index (κ2) is 3.29. The molecule has 0 aliphatic heterocycles. The zero-order chi connectivity index (χ0) is 12.2. The number of hydrogen-bond acceptors (Lipinski definition) is 1. The standard InChI is InChI=1S/C14H17N3/c1-9(2)13-10(3)17(15)14-12-7-5-4-6-11(12)8-16(13)14/h4-9H,15H2,1-3H3.